The van der Waals surface area contributed by atoms with Gasteiger partial charge in [-0.1, -0.05) is 54.6 Å². The van der Waals surface area contributed by atoms with Gasteiger partial charge in [0.25, 0.3) is 0 Å². The molecular formula is C21H16N2S. The summed E-state index contributed by atoms with van der Waals surface area (Å²) in [6.07, 6.45) is 0. The Morgan fingerprint density at radius 3 is 2.58 bits per heavy atom. The molecule has 24 heavy (non-hydrogen) atoms. The summed E-state index contributed by atoms with van der Waals surface area (Å²) in [4.78, 5) is 11.0. The largest absolute Gasteiger partial charge is 0.261 e. The van der Waals surface area contributed by atoms with Crippen LogP contribution >= 0.6 is 11.8 Å². The van der Waals surface area contributed by atoms with E-state index in [-0.39, 0.29) is 11.3 Å². The second kappa shape index (κ2) is 5.32. The molecule has 0 amide bonds. The van der Waals surface area contributed by atoms with Crippen LogP contribution in [0.4, 0.5) is 0 Å². The molecule has 0 fully saturated rings. The summed E-state index contributed by atoms with van der Waals surface area (Å²) in [5, 5.41) is 2.80. The SMILES string of the molecule is CC1=NC2c3ccccc3SC2C(c2ccc3ccccc3c2)=N1. The van der Waals surface area contributed by atoms with Crippen molar-refractivity contribution in [2.24, 2.45) is 9.98 Å². The highest BCUT2D eigenvalue weighted by atomic mass is 32.2. The zero-order valence-corrected chi connectivity index (χ0v) is 14.1. The topological polar surface area (TPSA) is 24.7 Å². The number of benzene rings is 3. The number of rotatable bonds is 1. The van der Waals surface area contributed by atoms with Crippen molar-refractivity contribution in [3.8, 4) is 0 Å². The summed E-state index contributed by atoms with van der Waals surface area (Å²) in [6, 6.07) is 23.9. The maximum Gasteiger partial charge on any atom is 0.121 e. The lowest BCUT2D eigenvalue weighted by atomic mass is 9.95. The molecule has 0 saturated heterocycles. The highest BCUT2D eigenvalue weighted by Crippen LogP contribution is 2.48. The number of hydrogen-bond acceptors (Lipinski definition) is 3. The number of amidine groups is 1. The fourth-order valence-electron chi connectivity index (χ4n) is 3.58. The zero-order chi connectivity index (χ0) is 16.1. The number of hydrogen-bond donors (Lipinski definition) is 0. The van der Waals surface area contributed by atoms with Gasteiger partial charge >= 0.3 is 0 Å². The van der Waals surface area contributed by atoms with Crippen molar-refractivity contribution in [2.45, 2.75) is 23.1 Å². The highest BCUT2D eigenvalue weighted by Gasteiger charge is 2.39. The van der Waals surface area contributed by atoms with Crippen LogP contribution in [0.5, 0.6) is 0 Å². The average molecular weight is 328 g/mol. The quantitative estimate of drug-likeness (QED) is 0.597. The molecule has 0 saturated carbocycles. The van der Waals surface area contributed by atoms with E-state index in [1.165, 1.54) is 26.8 Å². The maximum absolute atomic E-state index is 4.83. The second-order valence-corrected chi connectivity index (χ2v) is 7.44. The van der Waals surface area contributed by atoms with Gasteiger partial charge in [-0.05, 0) is 41.0 Å². The maximum atomic E-state index is 4.83. The van der Waals surface area contributed by atoms with Crippen LogP contribution in [0.2, 0.25) is 0 Å². The van der Waals surface area contributed by atoms with Gasteiger partial charge in [-0.3, -0.25) is 4.99 Å². The van der Waals surface area contributed by atoms with E-state index >= 15 is 0 Å². The van der Waals surface area contributed by atoms with Gasteiger partial charge in [0.1, 0.15) is 5.84 Å². The molecule has 2 atom stereocenters. The standard InChI is InChI=1S/C21H16N2S/c1-13-22-19(16-11-10-14-6-2-3-7-15(14)12-16)21-20(23-13)17-8-4-5-9-18(17)24-21/h2-12,20-21H,1H3. The van der Waals surface area contributed by atoms with E-state index in [0.717, 1.165) is 11.5 Å². The molecule has 2 aliphatic heterocycles. The molecule has 5 rings (SSSR count). The molecule has 3 heteroatoms. The van der Waals surface area contributed by atoms with Gasteiger partial charge in [0.05, 0.1) is 17.0 Å². The Kier molecular flexibility index (Phi) is 3.10. The van der Waals surface area contributed by atoms with E-state index in [2.05, 4.69) is 66.7 Å². The van der Waals surface area contributed by atoms with Crippen LogP contribution in [-0.2, 0) is 0 Å². The van der Waals surface area contributed by atoms with Crippen molar-refractivity contribution in [3.63, 3.8) is 0 Å². The molecule has 2 unspecified atom stereocenters. The van der Waals surface area contributed by atoms with Crippen LogP contribution in [-0.4, -0.2) is 16.8 Å². The summed E-state index contributed by atoms with van der Waals surface area (Å²) in [6.45, 7) is 2.00. The summed E-state index contributed by atoms with van der Waals surface area (Å²) in [7, 11) is 0. The van der Waals surface area contributed by atoms with Crippen molar-refractivity contribution in [1.29, 1.82) is 0 Å². The van der Waals surface area contributed by atoms with Gasteiger partial charge in [-0.2, -0.15) is 0 Å². The van der Waals surface area contributed by atoms with E-state index in [4.69, 9.17) is 9.98 Å². The Labute approximate surface area is 145 Å². The molecule has 0 radical (unpaired) electrons. The zero-order valence-electron chi connectivity index (χ0n) is 13.3. The number of thioether (sulfide) groups is 1. The van der Waals surface area contributed by atoms with E-state index in [1.807, 2.05) is 18.7 Å². The van der Waals surface area contributed by atoms with Crippen molar-refractivity contribution in [1.82, 2.24) is 0 Å². The van der Waals surface area contributed by atoms with Crippen LogP contribution < -0.4 is 0 Å². The molecule has 2 aliphatic rings. The highest BCUT2D eigenvalue weighted by molar-refractivity contribution is 8.01. The molecule has 0 aromatic heterocycles. The first kappa shape index (κ1) is 14.0. The van der Waals surface area contributed by atoms with Gasteiger partial charge < -0.3 is 0 Å². The lowest BCUT2D eigenvalue weighted by molar-refractivity contribution is 0.771. The molecule has 0 aliphatic carbocycles. The monoisotopic (exact) mass is 328 g/mol. The molecule has 2 heterocycles. The third-order valence-corrected chi connectivity index (χ3v) is 6.06. The van der Waals surface area contributed by atoms with Gasteiger partial charge in [-0.15, -0.1) is 11.8 Å². The minimum absolute atomic E-state index is 0.185. The van der Waals surface area contributed by atoms with E-state index < -0.39 is 0 Å². The van der Waals surface area contributed by atoms with Gasteiger partial charge in [0.2, 0.25) is 0 Å². The van der Waals surface area contributed by atoms with Crippen molar-refractivity contribution < 1.29 is 0 Å². The van der Waals surface area contributed by atoms with Crippen LogP contribution in [0.25, 0.3) is 10.8 Å². The van der Waals surface area contributed by atoms with Crippen molar-refractivity contribution in [3.05, 3.63) is 77.9 Å². The van der Waals surface area contributed by atoms with Gasteiger partial charge in [0.15, 0.2) is 0 Å². The second-order valence-electron chi connectivity index (χ2n) is 6.26. The van der Waals surface area contributed by atoms with E-state index in [9.17, 15) is 0 Å². The molecule has 0 spiro atoms. The first-order valence-corrected chi connectivity index (χ1v) is 9.05. The Morgan fingerprint density at radius 2 is 1.67 bits per heavy atom. The van der Waals surface area contributed by atoms with Crippen LogP contribution in [0.3, 0.4) is 0 Å². The van der Waals surface area contributed by atoms with Crippen LogP contribution in [0.1, 0.15) is 24.1 Å². The van der Waals surface area contributed by atoms with E-state index in [1.54, 1.807) is 0 Å². The van der Waals surface area contributed by atoms with Gasteiger partial charge in [-0.25, -0.2) is 4.99 Å². The minimum Gasteiger partial charge on any atom is -0.261 e. The first-order chi connectivity index (χ1) is 11.8. The van der Waals surface area contributed by atoms with Crippen LogP contribution in [0.15, 0.2) is 81.6 Å². The summed E-state index contributed by atoms with van der Waals surface area (Å²) in [5.41, 5.74) is 3.69. The lowest BCUT2D eigenvalue weighted by Gasteiger charge is -2.23. The summed E-state index contributed by atoms with van der Waals surface area (Å²) in [5.74, 6) is 0.872. The number of nitrogens with zero attached hydrogens (tertiary/aromatic N) is 2. The molecule has 3 aromatic rings. The average Bonchev–Trinajstić information content (AvgIpc) is 2.99. The van der Waals surface area contributed by atoms with Crippen LogP contribution in [0, 0.1) is 0 Å². The predicted octanol–water partition coefficient (Wildman–Crippen LogP) is 5.28. The molecule has 3 aromatic carbocycles. The molecular weight excluding hydrogens is 312 g/mol. The molecule has 116 valence electrons. The van der Waals surface area contributed by atoms with Gasteiger partial charge in [0, 0.05) is 4.90 Å². The Balaban J connectivity index is 1.64. The number of fused-ring (bicyclic) bond motifs is 4. The molecule has 0 N–H and O–H groups in total. The normalized spacial score (nSPS) is 21.9. The Morgan fingerprint density at radius 1 is 0.875 bits per heavy atom. The third-order valence-electron chi connectivity index (χ3n) is 4.70. The summed E-state index contributed by atoms with van der Waals surface area (Å²) >= 11 is 1.89. The fraction of sp³-hybridized carbons (Fsp3) is 0.143. The third kappa shape index (κ3) is 2.12. The number of aliphatic imine (C=N–C) groups is 2. The molecule has 0 bridgehead atoms. The summed E-state index contributed by atoms with van der Waals surface area (Å²) < 4.78 is 0. The van der Waals surface area contributed by atoms with Crippen molar-refractivity contribution >= 4 is 34.1 Å². The lowest BCUT2D eigenvalue weighted by Crippen LogP contribution is -2.26. The Bertz CT molecular complexity index is 1020. The van der Waals surface area contributed by atoms with E-state index in [0.29, 0.717) is 0 Å². The fourth-order valence-corrected chi connectivity index (χ4v) is 4.98. The predicted molar refractivity (Wildman–Crippen MR) is 102 cm³/mol. The molecule has 2 nitrogen and oxygen atoms in total. The Hall–Kier alpha value is -2.39. The minimum atomic E-state index is 0.185. The smallest absolute Gasteiger partial charge is 0.121 e. The first-order valence-electron chi connectivity index (χ1n) is 8.17. The van der Waals surface area contributed by atoms with Crippen molar-refractivity contribution in [2.75, 3.05) is 0 Å².